The lowest BCUT2D eigenvalue weighted by atomic mass is 10.2. The van der Waals surface area contributed by atoms with Gasteiger partial charge in [-0.05, 0) is 43.2 Å². The van der Waals surface area contributed by atoms with Crippen LogP contribution in [0.25, 0.3) is 10.9 Å². The van der Waals surface area contributed by atoms with E-state index in [2.05, 4.69) is 10.1 Å². The van der Waals surface area contributed by atoms with E-state index in [9.17, 15) is 9.59 Å². The first kappa shape index (κ1) is 16.7. The SMILES string of the molecule is CC[C@H](C)Oc1cccc(C=Nn2c(=O)[nH]c3ccccc3c2=O)c1. The van der Waals surface area contributed by atoms with Crippen LogP contribution in [-0.2, 0) is 0 Å². The standard InChI is InChI=1S/C19H19N3O3/c1-3-13(2)25-15-8-6-7-14(11-15)12-20-22-18(23)16-9-4-5-10-17(16)21-19(22)24/h4-13H,3H2,1-2H3,(H,21,24)/t13-/m0/s1. The van der Waals surface area contributed by atoms with E-state index >= 15 is 0 Å². The maximum Gasteiger partial charge on any atom is 0.349 e. The van der Waals surface area contributed by atoms with Crippen LogP contribution in [0.3, 0.4) is 0 Å². The summed E-state index contributed by atoms with van der Waals surface area (Å²) in [6.45, 7) is 4.04. The second kappa shape index (κ2) is 7.17. The van der Waals surface area contributed by atoms with Crippen molar-refractivity contribution in [1.82, 2.24) is 9.66 Å². The highest BCUT2D eigenvalue weighted by Gasteiger charge is 2.06. The number of fused-ring (bicyclic) bond motifs is 1. The average Bonchev–Trinajstić information content (AvgIpc) is 2.61. The molecule has 6 nitrogen and oxygen atoms in total. The summed E-state index contributed by atoms with van der Waals surface area (Å²) in [6, 6.07) is 14.2. The third kappa shape index (κ3) is 3.68. The number of H-pyrrole nitrogens is 1. The number of nitrogens with one attached hydrogen (secondary N) is 1. The topological polar surface area (TPSA) is 76.5 Å². The lowest BCUT2D eigenvalue weighted by molar-refractivity contribution is 0.217. The van der Waals surface area contributed by atoms with Crippen LogP contribution in [-0.4, -0.2) is 22.0 Å². The van der Waals surface area contributed by atoms with Gasteiger partial charge in [-0.2, -0.15) is 5.10 Å². The molecule has 0 fully saturated rings. The summed E-state index contributed by atoms with van der Waals surface area (Å²) in [7, 11) is 0. The summed E-state index contributed by atoms with van der Waals surface area (Å²) in [5.74, 6) is 0.720. The molecule has 1 aromatic heterocycles. The zero-order chi connectivity index (χ0) is 17.8. The summed E-state index contributed by atoms with van der Waals surface area (Å²) in [6.07, 6.45) is 2.48. The molecule has 128 valence electrons. The number of benzene rings is 2. The largest absolute Gasteiger partial charge is 0.491 e. The minimum Gasteiger partial charge on any atom is -0.491 e. The molecular formula is C19H19N3O3. The highest BCUT2D eigenvalue weighted by Crippen LogP contribution is 2.14. The van der Waals surface area contributed by atoms with Crippen molar-refractivity contribution in [1.29, 1.82) is 0 Å². The van der Waals surface area contributed by atoms with Crippen molar-refractivity contribution in [2.75, 3.05) is 0 Å². The van der Waals surface area contributed by atoms with Crippen LogP contribution in [0.15, 0.2) is 63.2 Å². The molecule has 1 atom stereocenters. The normalized spacial score (nSPS) is 12.6. The molecule has 1 N–H and O–H groups in total. The van der Waals surface area contributed by atoms with E-state index in [4.69, 9.17) is 4.74 Å². The zero-order valence-electron chi connectivity index (χ0n) is 14.1. The number of aromatic amines is 1. The van der Waals surface area contributed by atoms with Crippen LogP contribution in [0.5, 0.6) is 5.75 Å². The van der Waals surface area contributed by atoms with Crippen LogP contribution in [0.4, 0.5) is 0 Å². The van der Waals surface area contributed by atoms with E-state index in [-0.39, 0.29) is 6.10 Å². The van der Waals surface area contributed by atoms with Gasteiger partial charge in [0.2, 0.25) is 0 Å². The molecule has 0 saturated heterocycles. The first-order chi connectivity index (χ1) is 12.1. The molecule has 0 unspecified atom stereocenters. The fraction of sp³-hybridized carbons (Fsp3) is 0.211. The number of rotatable bonds is 5. The molecule has 3 aromatic rings. The van der Waals surface area contributed by atoms with E-state index < -0.39 is 11.2 Å². The molecule has 0 aliphatic rings. The molecule has 0 aliphatic carbocycles. The molecular weight excluding hydrogens is 318 g/mol. The molecule has 0 saturated carbocycles. The van der Waals surface area contributed by atoms with E-state index in [1.165, 1.54) is 6.21 Å². The monoisotopic (exact) mass is 337 g/mol. The molecule has 0 aliphatic heterocycles. The van der Waals surface area contributed by atoms with Crippen molar-refractivity contribution in [3.8, 4) is 5.75 Å². The first-order valence-corrected chi connectivity index (χ1v) is 8.13. The van der Waals surface area contributed by atoms with E-state index in [1.807, 2.05) is 38.1 Å². The van der Waals surface area contributed by atoms with Crippen LogP contribution < -0.4 is 16.0 Å². The van der Waals surface area contributed by atoms with Crippen LogP contribution in [0.2, 0.25) is 0 Å². The number of aromatic nitrogens is 2. The fourth-order valence-electron chi connectivity index (χ4n) is 2.37. The molecule has 0 amide bonds. The summed E-state index contributed by atoms with van der Waals surface area (Å²) in [5.41, 5.74) is 0.197. The Hall–Kier alpha value is -3.15. The summed E-state index contributed by atoms with van der Waals surface area (Å²) >= 11 is 0. The van der Waals surface area contributed by atoms with Gasteiger partial charge in [0.25, 0.3) is 5.56 Å². The van der Waals surface area contributed by atoms with Crippen molar-refractivity contribution in [2.45, 2.75) is 26.4 Å². The number of ether oxygens (including phenoxy) is 1. The highest BCUT2D eigenvalue weighted by atomic mass is 16.5. The van der Waals surface area contributed by atoms with Crippen molar-refractivity contribution >= 4 is 17.1 Å². The fourth-order valence-corrected chi connectivity index (χ4v) is 2.37. The molecule has 3 rings (SSSR count). The van der Waals surface area contributed by atoms with Gasteiger partial charge in [0.1, 0.15) is 5.75 Å². The van der Waals surface area contributed by atoms with Crippen molar-refractivity contribution in [3.63, 3.8) is 0 Å². The Bertz CT molecular complexity index is 1030. The van der Waals surface area contributed by atoms with Crippen molar-refractivity contribution in [2.24, 2.45) is 5.10 Å². The van der Waals surface area contributed by atoms with Gasteiger partial charge < -0.3 is 9.72 Å². The predicted octanol–water partition coefficient (Wildman–Crippen LogP) is 2.75. The lowest BCUT2D eigenvalue weighted by Gasteiger charge is -2.12. The number of hydrogen-bond acceptors (Lipinski definition) is 4. The Labute approximate surface area is 144 Å². The Kier molecular flexibility index (Phi) is 4.79. The highest BCUT2D eigenvalue weighted by molar-refractivity contribution is 5.80. The van der Waals surface area contributed by atoms with E-state index in [0.29, 0.717) is 10.9 Å². The van der Waals surface area contributed by atoms with Crippen LogP contribution in [0.1, 0.15) is 25.8 Å². The minimum atomic E-state index is -0.577. The molecule has 25 heavy (non-hydrogen) atoms. The van der Waals surface area contributed by atoms with Gasteiger partial charge in [0.05, 0.1) is 23.2 Å². The Morgan fingerprint density at radius 2 is 2.00 bits per heavy atom. The average molecular weight is 337 g/mol. The lowest BCUT2D eigenvalue weighted by Crippen LogP contribution is -2.32. The summed E-state index contributed by atoms with van der Waals surface area (Å²) < 4.78 is 6.59. The first-order valence-electron chi connectivity index (χ1n) is 8.13. The zero-order valence-corrected chi connectivity index (χ0v) is 14.1. The van der Waals surface area contributed by atoms with Gasteiger partial charge in [-0.3, -0.25) is 4.79 Å². The maximum atomic E-state index is 12.4. The van der Waals surface area contributed by atoms with Crippen molar-refractivity contribution < 1.29 is 4.74 Å². The van der Waals surface area contributed by atoms with Crippen molar-refractivity contribution in [3.05, 3.63) is 74.9 Å². The Morgan fingerprint density at radius 3 is 2.80 bits per heavy atom. The number of nitrogens with zero attached hydrogens (tertiary/aromatic N) is 2. The van der Waals surface area contributed by atoms with Gasteiger partial charge in [-0.15, -0.1) is 4.68 Å². The van der Waals surface area contributed by atoms with Gasteiger partial charge in [-0.1, -0.05) is 31.2 Å². The third-order valence-corrected chi connectivity index (χ3v) is 3.88. The smallest absolute Gasteiger partial charge is 0.349 e. The van der Waals surface area contributed by atoms with Gasteiger partial charge in [-0.25, -0.2) is 4.79 Å². The second-order valence-electron chi connectivity index (χ2n) is 5.75. The van der Waals surface area contributed by atoms with Gasteiger partial charge >= 0.3 is 5.69 Å². The molecule has 6 heteroatoms. The maximum absolute atomic E-state index is 12.4. The molecule has 0 radical (unpaired) electrons. The van der Waals surface area contributed by atoms with Crippen LogP contribution in [0, 0.1) is 0 Å². The molecule has 1 heterocycles. The third-order valence-electron chi connectivity index (χ3n) is 3.88. The number of hydrogen-bond donors (Lipinski definition) is 1. The van der Waals surface area contributed by atoms with Gasteiger partial charge in [0.15, 0.2) is 0 Å². The molecule has 2 aromatic carbocycles. The summed E-state index contributed by atoms with van der Waals surface area (Å²) in [5, 5.41) is 4.46. The van der Waals surface area contributed by atoms with E-state index in [1.54, 1.807) is 24.3 Å². The minimum absolute atomic E-state index is 0.109. The predicted molar refractivity (Wildman–Crippen MR) is 98.6 cm³/mol. The van der Waals surface area contributed by atoms with Crippen LogP contribution >= 0.6 is 0 Å². The Morgan fingerprint density at radius 1 is 1.20 bits per heavy atom. The van der Waals surface area contributed by atoms with E-state index in [0.717, 1.165) is 22.4 Å². The number of para-hydroxylation sites is 1. The Balaban J connectivity index is 1.95. The summed E-state index contributed by atoms with van der Waals surface area (Å²) in [4.78, 5) is 27.2. The van der Waals surface area contributed by atoms with Gasteiger partial charge in [0, 0.05) is 0 Å². The quantitative estimate of drug-likeness (QED) is 0.727. The molecule has 0 bridgehead atoms. The molecule has 0 spiro atoms. The second-order valence-corrected chi connectivity index (χ2v) is 5.75.